The van der Waals surface area contributed by atoms with Crippen molar-refractivity contribution in [2.45, 2.75) is 66.0 Å². The molecule has 27 heavy (non-hydrogen) atoms. The van der Waals surface area contributed by atoms with Gasteiger partial charge in [0.2, 0.25) is 0 Å². The second-order valence-corrected chi connectivity index (χ2v) is 7.50. The molecule has 0 amide bonds. The minimum Gasteiger partial charge on any atom is -0.383 e. The van der Waals surface area contributed by atoms with Crippen LogP contribution in [0.15, 0.2) is 40.9 Å². The summed E-state index contributed by atoms with van der Waals surface area (Å²) in [4.78, 5) is 5.85. The summed E-state index contributed by atoms with van der Waals surface area (Å²) in [5.41, 5.74) is 7.19. The fourth-order valence-corrected chi connectivity index (χ4v) is 3.61. The molecule has 2 aromatic rings. The van der Waals surface area contributed by atoms with Crippen molar-refractivity contribution in [2.75, 3.05) is 0 Å². The number of nitrogens with two attached hydrogens (primary N) is 1. The maximum absolute atomic E-state index is 6.12. The van der Waals surface area contributed by atoms with Gasteiger partial charge in [-0.25, -0.2) is 0 Å². The Morgan fingerprint density at radius 1 is 1.37 bits per heavy atom. The Bertz CT molecular complexity index is 879. The van der Waals surface area contributed by atoms with Gasteiger partial charge in [-0.15, -0.1) is 11.3 Å². The fourth-order valence-electron chi connectivity index (χ4n) is 2.74. The van der Waals surface area contributed by atoms with Gasteiger partial charge in [-0.1, -0.05) is 45.4 Å². The lowest BCUT2D eigenvalue weighted by Crippen LogP contribution is -2.28. The standard InChI is InChI=1S/C21H27N3S.C2H6/c1-3-5-6-7-8-20-16(4-2)11-12-24(20)14-19-13-17(15-25-19)21(22)23-18-9-10-18;1-2/h4,6-8,11-13,15,18H,3,5,9-10,14H2,1-2H3,(H2,22,23);1-2H3/b7-6-,16-4-,20-8+;. The maximum Gasteiger partial charge on any atom is 0.126 e. The van der Waals surface area contributed by atoms with Crippen LogP contribution in [0.4, 0.5) is 0 Å². The summed E-state index contributed by atoms with van der Waals surface area (Å²) in [5, 5.41) is 4.65. The first-order valence-corrected chi connectivity index (χ1v) is 11.0. The van der Waals surface area contributed by atoms with E-state index in [9.17, 15) is 0 Å². The number of hydrogen-bond acceptors (Lipinski definition) is 2. The zero-order chi connectivity index (χ0) is 19.6. The van der Waals surface area contributed by atoms with E-state index in [1.165, 1.54) is 34.7 Å². The second kappa shape index (κ2) is 10.9. The number of nitrogens with zero attached hydrogens (tertiary/aromatic N) is 2. The Morgan fingerprint density at radius 2 is 2.15 bits per heavy atom. The van der Waals surface area contributed by atoms with Crippen LogP contribution in [-0.4, -0.2) is 16.4 Å². The summed E-state index contributed by atoms with van der Waals surface area (Å²) in [7, 11) is 0. The molecule has 3 rings (SSSR count). The first-order chi connectivity index (χ1) is 13.2. The Hall–Kier alpha value is -2.07. The molecule has 146 valence electrons. The molecule has 0 spiro atoms. The first-order valence-electron chi connectivity index (χ1n) is 10.1. The van der Waals surface area contributed by atoms with Crippen molar-refractivity contribution in [1.29, 1.82) is 0 Å². The topological polar surface area (TPSA) is 43.3 Å². The van der Waals surface area contributed by atoms with Crippen LogP contribution in [0.5, 0.6) is 0 Å². The van der Waals surface area contributed by atoms with Crippen molar-refractivity contribution in [3.05, 3.63) is 56.9 Å². The van der Waals surface area contributed by atoms with Crippen molar-refractivity contribution >= 4 is 29.3 Å². The highest BCUT2D eigenvalue weighted by Crippen LogP contribution is 2.24. The van der Waals surface area contributed by atoms with E-state index < -0.39 is 0 Å². The van der Waals surface area contributed by atoms with Crippen molar-refractivity contribution in [2.24, 2.45) is 10.7 Å². The lowest BCUT2D eigenvalue weighted by atomic mass is 10.3. The monoisotopic (exact) mass is 383 g/mol. The predicted molar refractivity (Wildman–Crippen MR) is 121 cm³/mol. The molecule has 1 fully saturated rings. The SMILES string of the molecule is C/C=c1/ccn(Cc2cc(C(N)=NC3CC3)cs2)/c1=C/C=C\CCC.CC. The van der Waals surface area contributed by atoms with Gasteiger partial charge in [-0.05, 0) is 49.6 Å². The molecular formula is C23H33N3S. The number of unbranched alkanes of at least 4 members (excludes halogenated alkanes) is 1. The molecule has 1 aliphatic rings. The third-order valence-electron chi connectivity index (χ3n) is 4.34. The molecule has 2 aromatic heterocycles. The number of hydrogen-bond donors (Lipinski definition) is 1. The molecule has 0 atom stereocenters. The van der Waals surface area contributed by atoms with Gasteiger partial charge in [0.15, 0.2) is 0 Å². The molecule has 0 radical (unpaired) electrons. The summed E-state index contributed by atoms with van der Waals surface area (Å²) in [6, 6.07) is 4.82. The largest absolute Gasteiger partial charge is 0.383 e. The van der Waals surface area contributed by atoms with Gasteiger partial charge in [0, 0.05) is 27.4 Å². The van der Waals surface area contributed by atoms with E-state index in [-0.39, 0.29) is 0 Å². The number of amidine groups is 1. The molecule has 4 heteroatoms. The zero-order valence-corrected chi connectivity index (χ0v) is 17.9. The van der Waals surface area contributed by atoms with Crippen molar-refractivity contribution in [3.8, 4) is 0 Å². The van der Waals surface area contributed by atoms with Crippen LogP contribution in [0, 0.1) is 0 Å². The average molecular weight is 384 g/mol. The number of aliphatic imine (C=N–C) groups is 1. The average Bonchev–Trinajstić information content (AvgIpc) is 3.24. The van der Waals surface area contributed by atoms with E-state index in [0.29, 0.717) is 11.9 Å². The molecule has 0 saturated heterocycles. The minimum atomic E-state index is 0.464. The van der Waals surface area contributed by atoms with Crippen molar-refractivity contribution in [1.82, 2.24) is 4.57 Å². The Kier molecular flexibility index (Phi) is 8.59. The van der Waals surface area contributed by atoms with Crippen molar-refractivity contribution in [3.63, 3.8) is 0 Å². The van der Waals surface area contributed by atoms with E-state index in [1.807, 2.05) is 13.8 Å². The number of thiophene rings is 1. The third kappa shape index (κ3) is 6.24. The van der Waals surface area contributed by atoms with Gasteiger partial charge in [0.25, 0.3) is 0 Å². The predicted octanol–water partition coefficient (Wildman–Crippen LogP) is 4.43. The zero-order valence-electron chi connectivity index (χ0n) is 17.1. The van der Waals surface area contributed by atoms with Gasteiger partial charge in [-0.3, -0.25) is 4.99 Å². The lowest BCUT2D eigenvalue weighted by Gasteiger charge is -2.01. The molecule has 0 aliphatic heterocycles. The molecule has 2 N–H and O–H groups in total. The summed E-state index contributed by atoms with van der Waals surface area (Å²) in [6.07, 6.45) is 15.6. The maximum atomic E-state index is 6.12. The van der Waals surface area contributed by atoms with Crippen LogP contribution >= 0.6 is 11.3 Å². The molecule has 0 bridgehead atoms. The highest BCUT2D eigenvalue weighted by Gasteiger charge is 2.20. The number of rotatable bonds is 7. The first kappa shape index (κ1) is 21.2. The van der Waals surface area contributed by atoms with Gasteiger partial charge >= 0.3 is 0 Å². The van der Waals surface area contributed by atoms with Gasteiger partial charge in [0.05, 0.1) is 12.6 Å². The summed E-state index contributed by atoms with van der Waals surface area (Å²) >= 11 is 1.75. The van der Waals surface area contributed by atoms with Crippen molar-refractivity contribution < 1.29 is 0 Å². The normalized spacial score (nSPS) is 16.1. The highest BCUT2D eigenvalue weighted by atomic mass is 32.1. The lowest BCUT2D eigenvalue weighted by molar-refractivity contribution is 0.790. The van der Waals surface area contributed by atoms with Gasteiger partial charge < -0.3 is 10.3 Å². The van der Waals surface area contributed by atoms with E-state index in [1.54, 1.807) is 11.3 Å². The summed E-state index contributed by atoms with van der Waals surface area (Å²) in [5.74, 6) is 0.689. The molecule has 3 nitrogen and oxygen atoms in total. The summed E-state index contributed by atoms with van der Waals surface area (Å²) < 4.78 is 2.30. The molecule has 0 aromatic carbocycles. The van der Waals surface area contributed by atoms with Crippen LogP contribution in [0.2, 0.25) is 0 Å². The Balaban J connectivity index is 0.00000126. The molecule has 2 heterocycles. The van der Waals surface area contributed by atoms with E-state index >= 15 is 0 Å². The third-order valence-corrected chi connectivity index (χ3v) is 5.26. The Labute approximate surface area is 167 Å². The quantitative estimate of drug-likeness (QED) is 0.558. The fraction of sp³-hybridized carbons (Fsp3) is 0.435. The number of aromatic nitrogens is 1. The minimum absolute atomic E-state index is 0.464. The highest BCUT2D eigenvalue weighted by molar-refractivity contribution is 7.10. The van der Waals surface area contributed by atoms with E-state index in [2.05, 4.69) is 71.4 Å². The van der Waals surface area contributed by atoms with Crippen LogP contribution in [-0.2, 0) is 6.54 Å². The smallest absolute Gasteiger partial charge is 0.126 e. The van der Waals surface area contributed by atoms with Crippen LogP contribution < -0.4 is 16.3 Å². The van der Waals surface area contributed by atoms with E-state index in [4.69, 9.17) is 5.73 Å². The Morgan fingerprint density at radius 3 is 2.81 bits per heavy atom. The van der Waals surface area contributed by atoms with Gasteiger partial charge in [-0.2, -0.15) is 0 Å². The molecular weight excluding hydrogens is 350 g/mol. The van der Waals surface area contributed by atoms with Crippen LogP contribution in [0.3, 0.4) is 0 Å². The molecule has 0 unspecified atom stereocenters. The van der Waals surface area contributed by atoms with Crippen LogP contribution in [0.25, 0.3) is 12.2 Å². The molecule has 1 aliphatic carbocycles. The van der Waals surface area contributed by atoms with E-state index in [0.717, 1.165) is 18.5 Å². The van der Waals surface area contributed by atoms with Crippen LogP contribution in [0.1, 0.15) is 63.8 Å². The molecule has 1 saturated carbocycles. The summed E-state index contributed by atoms with van der Waals surface area (Å²) in [6.45, 7) is 9.15. The number of allylic oxidation sites excluding steroid dienone is 2. The van der Waals surface area contributed by atoms with Gasteiger partial charge in [0.1, 0.15) is 5.84 Å². The second-order valence-electron chi connectivity index (χ2n) is 6.50.